The average Bonchev–Trinajstić information content (AvgIpc) is 2.81. The third-order valence-electron chi connectivity index (χ3n) is 7.11. The summed E-state index contributed by atoms with van der Waals surface area (Å²) in [7, 11) is 3.16. The molecule has 178 valence electrons. The van der Waals surface area contributed by atoms with Gasteiger partial charge >= 0.3 is 0 Å². The number of phenols is 1. The second-order valence-corrected chi connectivity index (χ2v) is 10.1. The van der Waals surface area contributed by atoms with Gasteiger partial charge in [-0.3, -0.25) is 19.3 Å². The number of amides is 2. The fourth-order valence-corrected chi connectivity index (χ4v) is 5.42. The number of likely N-dealkylation sites (tertiary alicyclic amines) is 2. The lowest BCUT2D eigenvalue weighted by molar-refractivity contribution is -0.170. The van der Waals surface area contributed by atoms with Crippen LogP contribution in [0, 0.1) is 17.8 Å². The highest BCUT2D eigenvalue weighted by Gasteiger charge is 2.32. The molecule has 1 N–H and O–H groups in total. The maximum absolute atomic E-state index is 13.0. The van der Waals surface area contributed by atoms with Gasteiger partial charge in [-0.2, -0.15) is 0 Å². The van der Waals surface area contributed by atoms with E-state index in [0.717, 1.165) is 57.4 Å². The van der Waals surface area contributed by atoms with E-state index in [-0.39, 0.29) is 23.5 Å². The molecule has 7 nitrogen and oxygen atoms in total. The van der Waals surface area contributed by atoms with Crippen molar-refractivity contribution in [2.45, 2.75) is 39.0 Å². The monoisotopic (exact) mass is 509 g/mol. The molecule has 0 saturated carbocycles. The fourth-order valence-electron chi connectivity index (χ4n) is 5.00. The van der Waals surface area contributed by atoms with Gasteiger partial charge in [-0.25, -0.2) is 5.06 Å². The molecule has 0 aliphatic carbocycles. The highest BCUT2D eigenvalue weighted by Crippen LogP contribution is 2.33. The van der Waals surface area contributed by atoms with E-state index in [1.54, 1.807) is 13.1 Å². The zero-order valence-corrected chi connectivity index (χ0v) is 21.0. The number of carbonyl (C=O) groups excluding carboxylic acids is 2. The predicted octanol–water partition coefficient (Wildman–Crippen LogP) is 3.30. The first-order chi connectivity index (χ1) is 15.3. The Hall–Kier alpha value is -1.64. The highest BCUT2D eigenvalue weighted by atomic mass is 79.9. The Bertz CT molecular complexity index is 789. The number of rotatable bonds is 7. The number of likely N-dealkylation sites (N-methyl/N-ethyl adjacent to an activating group) is 1. The van der Waals surface area contributed by atoms with Crippen LogP contribution >= 0.6 is 15.9 Å². The topological polar surface area (TPSA) is 73.3 Å². The van der Waals surface area contributed by atoms with Crippen LogP contribution in [-0.2, 0) is 20.8 Å². The molecule has 32 heavy (non-hydrogen) atoms. The summed E-state index contributed by atoms with van der Waals surface area (Å²) in [5.74, 6) is 1.71. The Morgan fingerprint density at radius 1 is 1.16 bits per heavy atom. The summed E-state index contributed by atoms with van der Waals surface area (Å²) in [4.78, 5) is 34.2. The number of hydrogen-bond acceptors (Lipinski definition) is 5. The van der Waals surface area contributed by atoms with Crippen molar-refractivity contribution in [1.29, 1.82) is 0 Å². The maximum atomic E-state index is 13.0. The van der Waals surface area contributed by atoms with Crippen molar-refractivity contribution in [3.05, 3.63) is 28.2 Å². The number of aromatic hydroxyl groups is 1. The van der Waals surface area contributed by atoms with Crippen molar-refractivity contribution >= 4 is 27.7 Å². The number of carbonyl (C=O) groups is 2. The quantitative estimate of drug-likeness (QED) is 0.570. The third-order valence-corrected chi connectivity index (χ3v) is 7.74. The van der Waals surface area contributed by atoms with Gasteiger partial charge < -0.3 is 10.0 Å². The van der Waals surface area contributed by atoms with E-state index in [0.29, 0.717) is 29.3 Å². The summed E-state index contributed by atoms with van der Waals surface area (Å²) in [6.07, 6.45) is 5.05. The molecule has 0 radical (unpaired) electrons. The summed E-state index contributed by atoms with van der Waals surface area (Å²) in [5, 5.41) is 11.0. The molecule has 1 atom stereocenters. The minimum atomic E-state index is -0.0750. The van der Waals surface area contributed by atoms with Gasteiger partial charge in [0, 0.05) is 26.1 Å². The number of hydroxylamine groups is 2. The highest BCUT2D eigenvalue weighted by molar-refractivity contribution is 9.10. The van der Waals surface area contributed by atoms with Crippen LogP contribution in [0.3, 0.4) is 0 Å². The summed E-state index contributed by atoms with van der Waals surface area (Å²) in [6.45, 7) is 5.99. The SMILES string of the molecule is CON(C)C(=O)CN1CCC(C2CCN(C(=O)[C@H](C)Cc3ccc(O)c(Br)c3)CC2)CC1. The van der Waals surface area contributed by atoms with Crippen molar-refractivity contribution in [2.75, 3.05) is 46.9 Å². The van der Waals surface area contributed by atoms with Crippen LogP contribution < -0.4 is 0 Å². The van der Waals surface area contributed by atoms with Crippen molar-refractivity contribution in [2.24, 2.45) is 17.8 Å². The van der Waals surface area contributed by atoms with Gasteiger partial charge in [-0.05, 0) is 90.7 Å². The smallest absolute Gasteiger partial charge is 0.259 e. The minimum Gasteiger partial charge on any atom is -0.507 e. The summed E-state index contributed by atoms with van der Waals surface area (Å²) < 4.78 is 0.664. The molecule has 2 heterocycles. The van der Waals surface area contributed by atoms with Gasteiger partial charge in [0.2, 0.25) is 5.91 Å². The molecule has 2 amide bonds. The van der Waals surface area contributed by atoms with E-state index in [2.05, 4.69) is 20.8 Å². The first kappa shape index (κ1) is 25.0. The maximum Gasteiger partial charge on any atom is 0.259 e. The second-order valence-electron chi connectivity index (χ2n) is 9.24. The minimum absolute atomic E-state index is 0.00782. The van der Waals surface area contributed by atoms with Gasteiger partial charge in [0.25, 0.3) is 5.91 Å². The Morgan fingerprint density at radius 3 is 2.31 bits per heavy atom. The molecule has 0 unspecified atom stereocenters. The van der Waals surface area contributed by atoms with Gasteiger partial charge in [-0.15, -0.1) is 0 Å². The van der Waals surface area contributed by atoms with Gasteiger partial charge in [0.05, 0.1) is 18.1 Å². The van der Waals surface area contributed by atoms with E-state index in [4.69, 9.17) is 4.84 Å². The van der Waals surface area contributed by atoms with Crippen LogP contribution in [0.5, 0.6) is 5.75 Å². The van der Waals surface area contributed by atoms with Gasteiger partial charge in [-0.1, -0.05) is 13.0 Å². The number of benzene rings is 1. The Kier molecular flexibility index (Phi) is 8.96. The number of halogens is 1. The van der Waals surface area contributed by atoms with E-state index >= 15 is 0 Å². The van der Waals surface area contributed by atoms with Crippen molar-refractivity contribution < 1.29 is 19.5 Å². The summed E-state index contributed by atoms with van der Waals surface area (Å²) in [5.41, 5.74) is 1.05. The standard InChI is InChI=1S/C24H36BrN3O4/c1-17(14-18-4-5-22(29)21(25)15-18)24(31)28-12-8-20(9-13-28)19-6-10-27(11-7-19)16-23(30)26(2)32-3/h4-5,15,17,19-20,29H,6-14,16H2,1-3H3/t17-/m1/s1. The van der Waals surface area contributed by atoms with Crippen molar-refractivity contribution in [3.63, 3.8) is 0 Å². The molecular formula is C24H36BrN3O4. The van der Waals surface area contributed by atoms with E-state index in [1.165, 1.54) is 12.2 Å². The molecule has 2 saturated heterocycles. The molecule has 0 bridgehead atoms. The molecule has 8 heteroatoms. The molecular weight excluding hydrogens is 474 g/mol. The predicted molar refractivity (Wildman–Crippen MR) is 127 cm³/mol. The van der Waals surface area contributed by atoms with Crippen LogP contribution in [0.4, 0.5) is 0 Å². The van der Waals surface area contributed by atoms with Crippen LogP contribution in [0.2, 0.25) is 0 Å². The van der Waals surface area contributed by atoms with E-state index in [1.807, 2.05) is 24.0 Å². The zero-order chi connectivity index (χ0) is 23.3. The second kappa shape index (κ2) is 11.5. The molecule has 1 aromatic rings. The fraction of sp³-hybridized carbons (Fsp3) is 0.667. The Balaban J connectivity index is 1.41. The number of nitrogens with zero attached hydrogens (tertiary/aromatic N) is 3. The number of phenolic OH excluding ortho intramolecular Hbond substituents is 1. The lowest BCUT2D eigenvalue weighted by atomic mass is 9.78. The first-order valence-corrected chi connectivity index (χ1v) is 12.4. The van der Waals surface area contributed by atoms with Crippen molar-refractivity contribution in [3.8, 4) is 5.75 Å². The molecule has 3 rings (SSSR count). The normalized spacial score (nSPS) is 19.7. The van der Waals surface area contributed by atoms with Crippen LogP contribution in [-0.4, -0.2) is 78.7 Å². The summed E-state index contributed by atoms with van der Waals surface area (Å²) >= 11 is 3.35. The lowest BCUT2D eigenvalue weighted by Crippen LogP contribution is -2.46. The summed E-state index contributed by atoms with van der Waals surface area (Å²) in [6, 6.07) is 5.43. The zero-order valence-electron chi connectivity index (χ0n) is 19.4. The largest absolute Gasteiger partial charge is 0.507 e. The van der Waals surface area contributed by atoms with Crippen LogP contribution in [0.15, 0.2) is 22.7 Å². The Morgan fingerprint density at radius 2 is 1.75 bits per heavy atom. The molecule has 2 aliphatic rings. The van der Waals surface area contributed by atoms with Crippen LogP contribution in [0.1, 0.15) is 38.2 Å². The number of hydrogen-bond donors (Lipinski definition) is 1. The molecule has 1 aromatic carbocycles. The number of piperidine rings is 2. The average molecular weight is 510 g/mol. The molecule has 0 spiro atoms. The van der Waals surface area contributed by atoms with Gasteiger partial charge in [0.1, 0.15) is 5.75 Å². The molecule has 2 fully saturated rings. The Labute approximate surface area is 199 Å². The molecule has 0 aromatic heterocycles. The van der Waals surface area contributed by atoms with Crippen LogP contribution in [0.25, 0.3) is 0 Å². The molecule has 2 aliphatic heterocycles. The van der Waals surface area contributed by atoms with E-state index in [9.17, 15) is 14.7 Å². The van der Waals surface area contributed by atoms with Crippen molar-refractivity contribution in [1.82, 2.24) is 14.9 Å². The lowest BCUT2D eigenvalue weighted by Gasteiger charge is -2.40. The first-order valence-electron chi connectivity index (χ1n) is 11.6. The van der Waals surface area contributed by atoms with Gasteiger partial charge in [0.15, 0.2) is 0 Å². The third kappa shape index (κ3) is 6.45. The van der Waals surface area contributed by atoms with E-state index < -0.39 is 0 Å².